The number of aromatic amines is 1. The normalized spacial score (nSPS) is 12.9. The molecule has 0 aliphatic carbocycles. The standard InChI is InChI=1S/C4H6N4OS/c1-2-3(9)8-4(10)5-6-7-8/h2-3,9H,1H2,(H,5,7,10). The zero-order valence-corrected chi connectivity index (χ0v) is 5.88. The summed E-state index contributed by atoms with van der Waals surface area (Å²) in [7, 11) is 0. The molecule has 1 atom stereocenters. The van der Waals surface area contributed by atoms with Crippen LogP contribution in [0.25, 0.3) is 0 Å². The number of nitrogens with zero attached hydrogens (tertiary/aromatic N) is 3. The summed E-state index contributed by atoms with van der Waals surface area (Å²) in [5, 5.41) is 18.3. The maximum Gasteiger partial charge on any atom is 0.215 e. The Morgan fingerprint density at radius 3 is 3.00 bits per heavy atom. The van der Waals surface area contributed by atoms with E-state index in [2.05, 4.69) is 22.1 Å². The molecular formula is C4H6N4OS. The Labute approximate surface area is 62.0 Å². The summed E-state index contributed by atoms with van der Waals surface area (Å²) in [5.74, 6) is 0. The minimum Gasteiger partial charge on any atom is -0.368 e. The van der Waals surface area contributed by atoms with Crippen LogP contribution < -0.4 is 0 Å². The summed E-state index contributed by atoms with van der Waals surface area (Å²) in [6.07, 6.45) is 0.407. The van der Waals surface area contributed by atoms with Gasteiger partial charge in [0.1, 0.15) is 0 Å². The lowest BCUT2D eigenvalue weighted by atomic mass is 10.6. The maximum atomic E-state index is 9.05. The van der Waals surface area contributed by atoms with Crippen molar-refractivity contribution < 1.29 is 5.11 Å². The first-order valence-corrected chi connectivity index (χ1v) is 2.97. The van der Waals surface area contributed by atoms with Crippen molar-refractivity contribution in [2.45, 2.75) is 6.23 Å². The second-order valence-electron chi connectivity index (χ2n) is 1.60. The van der Waals surface area contributed by atoms with Gasteiger partial charge >= 0.3 is 0 Å². The van der Waals surface area contributed by atoms with Gasteiger partial charge in [-0.25, -0.2) is 5.10 Å². The van der Waals surface area contributed by atoms with Crippen LogP contribution in [0, 0.1) is 4.77 Å². The Morgan fingerprint density at radius 2 is 2.60 bits per heavy atom. The minimum absolute atomic E-state index is 0.271. The van der Waals surface area contributed by atoms with Gasteiger partial charge in [-0.3, -0.25) is 0 Å². The molecule has 10 heavy (non-hydrogen) atoms. The third-order valence-electron chi connectivity index (χ3n) is 0.956. The van der Waals surface area contributed by atoms with E-state index in [4.69, 9.17) is 17.3 Å². The number of aromatic nitrogens is 4. The third-order valence-corrected chi connectivity index (χ3v) is 1.23. The van der Waals surface area contributed by atoms with Gasteiger partial charge in [-0.2, -0.15) is 4.68 Å². The van der Waals surface area contributed by atoms with E-state index in [9.17, 15) is 0 Å². The molecule has 0 saturated heterocycles. The fraction of sp³-hybridized carbons (Fsp3) is 0.250. The highest BCUT2D eigenvalue weighted by molar-refractivity contribution is 7.71. The van der Waals surface area contributed by atoms with Crippen LogP contribution in [0.5, 0.6) is 0 Å². The number of rotatable bonds is 2. The third kappa shape index (κ3) is 1.12. The molecule has 1 rings (SSSR count). The fourth-order valence-electron chi connectivity index (χ4n) is 0.478. The van der Waals surface area contributed by atoms with Crippen LogP contribution in [0.3, 0.4) is 0 Å². The van der Waals surface area contributed by atoms with Crippen LogP contribution in [0.4, 0.5) is 0 Å². The summed E-state index contributed by atoms with van der Waals surface area (Å²) < 4.78 is 1.41. The second kappa shape index (κ2) is 2.72. The highest BCUT2D eigenvalue weighted by atomic mass is 32.1. The van der Waals surface area contributed by atoms with Crippen molar-refractivity contribution in [2.75, 3.05) is 0 Å². The number of hydrogen-bond donors (Lipinski definition) is 2. The fourth-order valence-corrected chi connectivity index (χ4v) is 0.663. The molecule has 0 bridgehead atoms. The molecule has 5 nitrogen and oxygen atoms in total. The number of aliphatic hydroxyl groups is 1. The molecule has 0 aromatic carbocycles. The summed E-state index contributed by atoms with van der Waals surface area (Å²) in [6, 6.07) is 0. The monoisotopic (exact) mass is 158 g/mol. The van der Waals surface area contributed by atoms with Gasteiger partial charge in [0.15, 0.2) is 6.23 Å². The molecule has 0 aliphatic rings. The van der Waals surface area contributed by atoms with E-state index in [-0.39, 0.29) is 4.77 Å². The minimum atomic E-state index is -0.897. The molecule has 1 unspecified atom stereocenters. The van der Waals surface area contributed by atoms with Crippen molar-refractivity contribution >= 4 is 12.2 Å². The Kier molecular flexibility index (Phi) is 1.93. The van der Waals surface area contributed by atoms with Crippen LogP contribution in [0.1, 0.15) is 6.23 Å². The van der Waals surface area contributed by atoms with E-state index in [1.165, 1.54) is 6.08 Å². The van der Waals surface area contributed by atoms with E-state index in [0.717, 1.165) is 4.68 Å². The number of tetrazole rings is 1. The van der Waals surface area contributed by atoms with Crippen LogP contribution in [0.2, 0.25) is 0 Å². The Hall–Kier alpha value is -1.01. The smallest absolute Gasteiger partial charge is 0.215 e. The summed E-state index contributed by atoms with van der Waals surface area (Å²) >= 11 is 4.70. The van der Waals surface area contributed by atoms with Crippen molar-refractivity contribution in [1.29, 1.82) is 0 Å². The molecule has 0 saturated carbocycles. The molecule has 0 aliphatic heterocycles. The van der Waals surface area contributed by atoms with E-state index in [1.807, 2.05) is 0 Å². The van der Waals surface area contributed by atoms with Crippen molar-refractivity contribution in [2.24, 2.45) is 0 Å². The van der Waals surface area contributed by atoms with Crippen LogP contribution in [0.15, 0.2) is 12.7 Å². The maximum absolute atomic E-state index is 9.05. The molecule has 0 fully saturated rings. The SMILES string of the molecule is C=CC(O)n1nn[nH]c1=S. The average Bonchev–Trinajstić information content (AvgIpc) is 2.34. The highest BCUT2D eigenvalue weighted by Gasteiger charge is 2.02. The number of aliphatic hydroxyl groups excluding tert-OH is 1. The Balaban J connectivity index is 3.04. The second-order valence-corrected chi connectivity index (χ2v) is 1.99. The van der Waals surface area contributed by atoms with Crippen LogP contribution in [-0.4, -0.2) is 25.3 Å². The van der Waals surface area contributed by atoms with Crippen molar-refractivity contribution in [3.05, 3.63) is 17.4 Å². The largest absolute Gasteiger partial charge is 0.368 e. The van der Waals surface area contributed by atoms with E-state index >= 15 is 0 Å². The molecular weight excluding hydrogens is 152 g/mol. The summed E-state index contributed by atoms with van der Waals surface area (Å²) in [4.78, 5) is 0. The molecule has 6 heteroatoms. The van der Waals surface area contributed by atoms with Gasteiger partial charge in [-0.1, -0.05) is 6.58 Å². The molecule has 1 aromatic heterocycles. The summed E-state index contributed by atoms with van der Waals surface area (Å²) in [6.45, 7) is 3.36. The van der Waals surface area contributed by atoms with Crippen molar-refractivity contribution in [1.82, 2.24) is 20.2 Å². The average molecular weight is 158 g/mol. The molecule has 1 heterocycles. The lowest BCUT2D eigenvalue weighted by molar-refractivity contribution is 0.136. The summed E-state index contributed by atoms with van der Waals surface area (Å²) in [5.41, 5.74) is 0. The number of H-pyrrole nitrogens is 1. The van der Waals surface area contributed by atoms with Gasteiger partial charge in [-0.05, 0) is 28.7 Å². The zero-order chi connectivity index (χ0) is 7.56. The topological polar surface area (TPSA) is 66.7 Å². The lowest BCUT2D eigenvalue weighted by Crippen LogP contribution is -2.06. The molecule has 0 radical (unpaired) electrons. The molecule has 1 aromatic rings. The molecule has 54 valence electrons. The van der Waals surface area contributed by atoms with E-state index in [1.54, 1.807) is 0 Å². The van der Waals surface area contributed by atoms with Crippen molar-refractivity contribution in [3.8, 4) is 0 Å². The Bertz CT molecular complexity index is 277. The van der Waals surface area contributed by atoms with Crippen LogP contribution in [-0.2, 0) is 0 Å². The van der Waals surface area contributed by atoms with Crippen LogP contribution >= 0.6 is 12.2 Å². The number of hydrogen-bond acceptors (Lipinski definition) is 4. The van der Waals surface area contributed by atoms with Gasteiger partial charge < -0.3 is 5.11 Å². The highest BCUT2D eigenvalue weighted by Crippen LogP contribution is 1.98. The molecule has 0 amide bonds. The first-order valence-electron chi connectivity index (χ1n) is 2.56. The van der Waals surface area contributed by atoms with Gasteiger partial charge in [0.25, 0.3) is 0 Å². The van der Waals surface area contributed by atoms with Gasteiger partial charge in [0.05, 0.1) is 0 Å². The van der Waals surface area contributed by atoms with E-state index < -0.39 is 6.23 Å². The predicted octanol–water partition coefficient (Wildman–Crippen LogP) is 0.0126. The first-order chi connectivity index (χ1) is 4.75. The van der Waals surface area contributed by atoms with Gasteiger partial charge in [0, 0.05) is 0 Å². The first kappa shape index (κ1) is 7.10. The van der Waals surface area contributed by atoms with Crippen molar-refractivity contribution in [3.63, 3.8) is 0 Å². The van der Waals surface area contributed by atoms with Gasteiger partial charge in [0.2, 0.25) is 4.77 Å². The predicted molar refractivity (Wildman–Crippen MR) is 36.7 cm³/mol. The molecule has 0 spiro atoms. The van der Waals surface area contributed by atoms with Gasteiger partial charge in [-0.15, -0.1) is 0 Å². The molecule has 2 N–H and O–H groups in total. The lowest BCUT2D eigenvalue weighted by Gasteiger charge is -2.00. The quantitative estimate of drug-likeness (QED) is 0.470. The Morgan fingerprint density at radius 1 is 1.90 bits per heavy atom. The zero-order valence-electron chi connectivity index (χ0n) is 5.06. The number of nitrogens with one attached hydrogen (secondary N) is 1. The van der Waals surface area contributed by atoms with E-state index in [0.29, 0.717) is 0 Å².